The van der Waals surface area contributed by atoms with Crippen molar-refractivity contribution in [2.45, 2.75) is 72.0 Å². The second-order valence-electron chi connectivity index (χ2n) is 8.56. The molecule has 1 fully saturated rings. The summed E-state index contributed by atoms with van der Waals surface area (Å²) in [7, 11) is 0. The van der Waals surface area contributed by atoms with Crippen LogP contribution in [0.2, 0.25) is 0 Å². The van der Waals surface area contributed by atoms with Crippen molar-refractivity contribution in [1.82, 2.24) is 0 Å². The van der Waals surface area contributed by atoms with Crippen LogP contribution in [0.4, 0.5) is 10.5 Å². The Hall–Kier alpha value is -2.52. The van der Waals surface area contributed by atoms with Gasteiger partial charge in [-0.2, -0.15) is 0 Å². The minimum absolute atomic E-state index is 0.234. The Labute approximate surface area is 179 Å². The van der Waals surface area contributed by atoms with Gasteiger partial charge in [0.15, 0.2) is 0 Å². The summed E-state index contributed by atoms with van der Waals surface area (Å²) in [4.78, 5) is 26.6. The number of hydrogen-bond acceptors (Lipinski definition) is 5. The van der Waals surface area contributed by atoms with Crippen LogP contribution in [0.15, 0.2) is 24.3 Å². The van der Waals surface area contributed by atoms with Gasteiger partial charge in [0.05, 0.1) is 18.6 Å². The highest BCUT2D eigenvalue weighted by Crippen LogP contribution is 2.35. The lowest BCUT2D eigenvalue weighted by Crippen LogP contribution is -2.35. The molecule has 1 aromatic rings. The Bertz CT molecular complexity index is 800. The third kappa shape index (κ3) is 6.50. The van der Waals surface area contributed by atoms with E-state index in [-0.39, 0.29) is 12.1 Å². The maximum atomic E-state index is 12.6. The molecule has 2 rings (SSSR count). The molecule has 164 valence electrons. The first-order chi connectivity index (χ1) is 14.1. The van der Waals surface area contributed by atoms with Gasteiger partial charge >= 0.3 is 12.1 Å². The Morgan fingerprint density at radius 2 is 1.93 bits per heavy atom. The fraction of sp³-hybridized carbons (Fsp3) is 0.583. The molecule has 1 N–H and O–H groups in total. The van der Waals surface area contributed by atoms with Crippen LogP contribution in [0.3, 0.4) is 0 Å². The molecule has 30 heavy (non-hydrogen) atoms. The maximum Gasteiger partial charge on any atom is 0.414 e. The van der Waals surface area contributed by atoms with Crippen LogP contribution in [0.1, 0.15) is 65.9 Å². The molecule has 0 saturated carbocycles. The summed E-state index contributed by atoms with van der Waals surface area (Å²) >= 11 is 0. The molecule has 1 amide bonds. The SMILES string of the molecule is CCCCC(C)(CC1CN(c2ccc(C#CC(C)(C)O)cc2)C(=O)O1)C(=O)OCC. The van der Waals surface area contributed by atoms with E-state index in [4.69, 9.17) is 9.47 Å². The smallest absolute Gasteiger partial charge is 0.414 e. The first-order valence-corrected chi connectivity index (χ1v) is 10.6. The van der Waals surface area contributed by atoms with Gasteiger partial charge in [-0.3, -0.25) is 9.69 Å². The molecular weight excluding hydrogens is 382 g/mol. The standard InChI is InChI=1S/C24H33NO5/c1-6-8-14-24(5,21(26)29-7-2)16-20-17-25(22(27)30-20)19-11-9-18(10-12-19)13-15-23(3,4)28/h9-12,20,28H,6-8,14,16-17H2,1-5H3. The largest absolute Gasteiger partial charge is 0.466 e. The summed E-state index contributed by atoms with van der Waals surface area (Å²) in [5, 5.41) is 9.71. The first-order valence-electron chi connectivity index (χ1n) is 10.6. The van der Waals surface area contributed by atoms with Crippen molar-refractivity contribution in [3.05, 3.63) is 29.8 Å². The molecule has 0 aromatic heterocycles. The average Bonchev–Trinajstić information content (AvgIpc) is 3.04. The number of anilines is 1. The fourth-order valence-electron chi connectivity index (χ4n) is 3.45. The molecule has 2 atom stereocenters. The number of nitrogens with zero attached hydrogens (tertiary/aromatic N) is 1. The zero-order chi connectivity index (χ0) is 22.4. The van der Waals surface area contributed by atoms with Gasteiger partial charge in [-0.25, -0.2) is 4.79 Å². The number of ether oxygens (including phenoxy) is 2. The number of esters is 1. The van der Waals surface area contributed by atoms with Gasteiger partial charge in [-0.15, -0.1) is 0 Å². The molecule has 1 heterocycles. The molecular formula is C24H33NO5. The summed E-state index contributed by atoms with van der Waals surface area (Å²) in [6.45, 7) is 9.74. The summed E-state index contributed by atoms with van der Waals surface area (Å²) < 4.78 is 10.9. The van der Waals surface area contributed by atoms with Crippen LogP contribution in [0.25, 0.3) is 0 Å². The quantitative estimate of drug-likeness (QED) is 0.506. The van der Waals surface area contributed by atoms with Crippen molar-refractivity contribution in [1.29, 1.82) is 0 Å². The van der Waals surface area contributed by atoms with Gasteiger partial charge in [-0.05, 0) is 58.4 Å². The number of cyclic esters (lactones) is 1. The van der Waals surface area contributed by atoms with Gasteiger partial charge in [0.25, 0.3) is 0 Å². The van der Waals surface area contributed by atoms with E-state index in [0.717, 1.165) is 18.4 Å². The van der Waals surface area contributed by atoms with Crippen LogP contribution in [0.5, 0.6) is 0 Å². The van der Waals surface area contributed by atoms with Gasteiger partial charge in [0.1, 0.15) is 11.7 Å². The summed E-state index contributed by atoms with van der Waals surface area (Å²) in [5.74, 6) is 5.44. The minimum Gasteiger partial charge on any atom is -0.466 e. The molecule has 0 spiro atoms. The number of hydrogen-bond donors (Lipinski definition) is 1. The molecule has 0 radical (unpaired) electrons. The van der Waals surface area contributed by atoms with E-state index in [2.05, 4.69) is 18.8 Å². The zero-order valence-corrected chi connectivity index (χ0v) is 18.7. The number of carbonyl (C=O) groups excluding carboxylic acids is 2. The third-order valence-electron chi connectivity index (χ3n) is 5.09. The number of benzene rings is 1. The van der Waals surface area contributed by atoms with E-state index in [1.165, 1.54) is 0 Å². The second kappa shape index (κ2) is 9.99. The van der Waals surface area contributed by atoms with Gasteiger partial charge < -0.3 is 14.6 Å². The fourth-order valence-corrected chi connectivity index (χ4v) is 3.45. The lowest BCUT2D eigenvalue weighted by molar-refractivity contribution is -0.156. The molecule has 6 heteroatoms. The van der Waals surface area contributed by atoms with E-state index < -0.39 is 17.1 Å². The predicted octanol–water partition coefficient (Wildman–Crippen LogP) is 4.28. The highest BCUT2D eigenvalue weighted by Gasteiger charge is 2.42. The molecule has 6 nitrogen and oxygen atoms in total. The first kappa shape index (κ1) is 23.8. The Kier molecular flexibility index (Phi) is 7.91. The topological polar surface area (TPSA) is 76.1 Å². The van der Waals surface area contributed by atoms with Gasteiger partial charge in [-0.1, -0.05) is 31.6 Å². The van der Waals surface area contributed by atoms with Crippen molar-refractivity contribution in [2.24, 2.45) is 5.41 Å². The number of unbranched alkanes of at least 4 members (excludes halogenated alkanes) is 1. The minimum atomic E-state index is -1.06. The molecule has 1 aromatic carbocycles. The van der Waals surface area contributed by atoms with E-state index in [1.54, 1.807) is 49.9 Å². The van der Waals surface area contributed by atoms with Crippen molar-refractivity contribution in [3.63, 3.8) is 0 Å². The van der Waals surface area contributed by atoms with Crippen LogP contribution in [-0.4, -0.2) is 42.0 Å². The number of rotatable bonds is 8. The highest BCUT2D eigenvalue weighted by atomic mass is 16.6. The molecule has 2 unspecified atom stereocenters. The lowest BCUT2D eigenvalue weighted by atomic mass is 9.79. The van der Waals surface area contributed by atoms with Gasteiger partial charge in [0.2, 0.25) is 0 Å². The molecule has 0 bridgehead atoms. The van der Waals surface area contributed by atoms with E-state index in [1.807, 2.05) is 6.92 Å². The van der Waals surface area contributed by atoms with Crippen LogP contribution in [-0.2, 0) is 14.3 Å². The van der Waals surface area contributed by atoms with Gasteiger partial charge in [0, 0.05) is 17.7 Å². The molecule has 1 aliphatic rings. The number of carbonyl (C=O) groups is 2. The van der Waals surface area contributed by atoms with Crippen LogP contribution in [0, 0.1) is 17.3 Å². The van der Waals surface area contributed by atoms with Crippen molar-refractivity contribution < 1.29 is 24.2 Å². The van der Waals surface area contributed by atoms with E-state index in [0.29, 0.717) is 31.7 Å². The van der Waals surface area contributed by atoms with Crippen LogP contribution < -0.4 is 4.90 Å². The maximum absolute atomic E-state index is 12.6. The van der Waals surface area contributed by atoms with E-state index in [9.17, 15) is 14.7 Å². The Morgan fingerprint density at radius 3 is 2.50 bits per heavy atom. The molecule has 1 saturated heterocycles. The van der Waals surface area contributed by atoms with E-state index >= 15 is 0 Å². The predicted molar refractivity (Wildman–Crippen MR) is 116 cm³/mol. The summed E-state index contributed by atoms with van der Waals surface area (Å²) in [6.07, 6.45) is 2.23. The van der Waals surface area contributed by atoms with Crippen molar-refractivity contribution in [3.8, 4) is 11.8 Å². The Morgan fingerprint density at radius 1 is 1.27 bits per heavy atom. The average molecular weight is 416 g/mol. The zero-order valence-electron chi connectivity index (χ0n) is 18.7. The van der Waals surface area contributed by atoms with Crippen molar-refractivity contribution in [2.75, 3.05) is 18.1 Å². The van der Waals surface area contributed by atoms with Crippen LogP contribution >= 0.6 is 0 Å². The highest BCUT2D eigenvalue weighted by molar-refractivity contribution is 5.90. The molecule has 0 aliphatic carbocycles. The normalized spacial score (nSPS) is 18.3. The number of amides is 1. The third-order valence-corrected chi connectivity index (χ3v) is 5.09. The Balaban J connectivity index is 2.09. The van der Waals surface area contributed by atoms with Crippen molar-refractivity contribution >= 4 is 17.7 Å². The molecule has 1 aliphatic heterocycles. The number of aliphatic hydroxyl groups is 1. The summed E-state index contributed by atoms with van der Waals surface area (Å²) in [6, 6.07) is 7.22. The summed E-state index contributed by atoms with van der Waals surface area (Å²) in [5.41, 5.74) is -0.278. The lowest BCUT2D eigenvalue weighted by Gasteiger charge is -2.29. The monoisotopic (exact) mass is 415 g/mol. The second-order valence-corrected chi connectivity index (χ2v) is 8.56.